The van der Waals surface area contributed by atoms with E-state index in [0.29, 0.717) is 5.75 Å². The lowest BCUT2D eigenvalue weighted by Gasteiger charge is -2.17. The fraction of sp³-hybridized carbons (Fsp3) is 0.412. The van der Waals surface area contributed by atoms with Gasteiger partial charge in [-0.25, -0.2) is 0 Å². The topological polar surface area (TPSA) is 67.4 Å². The molecule has 1 aliphatic rings. The summed E-state index contributed by atoms with van der Waals surface area (Å²) < 4.78 is 5.41. The molecule has 5 heteroatoms. The number of benzene rings is 1. The zero-order valence-corrected chi connectivity index (χ0v) is 13.0. The quantitative estimate of drug-likeness (QED) is 0.662. The van der Waals surface area contributed by atoms with E-state index in [9.17, 15) is 9.59 Å². The van der Waals surface area contributed by atoms with Gasteiger partial charge in [-0.15, -0.1) is 0 Å². The van der Waals surface area contributed by atoms with Gasteiger partial charge in [0.2, 0.25) is 5.91 Å². The van der Waals surface area contributed by atoms with Gasteiger partial charge in [-0.05, 0) is 56.4 Å². The molecule has 2 rings (SSSR count). The van der Waals surface area contributed by atoms with E-state index < -0.39 is 0 Å². The standard InChI is InChI=1S/C17H22N2O3/c1-12-8-9-15(10-13(12)2)22-11-16(20)18-19-17(21)14-6-4-3-5-7-14/h3-4,8-10,14H,5-7,11H2,1-2H3,(H,18,20)(H,19,21). The van der Waals surface area contributed by atoms with Crippen LogP contribution in [-0.2, 0) is 9.59 Å². The smallest absolute Gasteiger partial charge is 0.276 e. The first-order valence-corrected chi connectivity index (χ1v) is 7.50. The maximum Gasteiger partial charge on any atom is 0.276 e. The van der Waals surface area contributed by atoms with Gasteiger partial charge in [-0.1, -0.05) is 18.2 Å². The summed E-state index contributed by atoms with van der Waals surface area (Å²) in [5, 5.41) is 0. The Balaban J connectivity index is 1.72. The van der Waals surface area contributed by atoms with Crippen molar-refractivity contribution in [2.45, 2.75) is 33.1 Å². The number of ether oxygens (including phenoxy) is 1. The molecular formula is C17H22N2O3. The maximum absolute atomic E-state index is 11.9. The Morgan fingerprint density at radius 1 is 1.18 bits per heavy atom. The second kappa shape index (κ2) is 7.64. The molecule has 2 N–H and O–H groups in total. The van der Waals surface area contributed by atoms with Crippen molar-refractivity contribution in [2.75, 3.05) is 6.61 Å². The van der Waals surface area contributed by atoms with Gasteiger partial charge in [-0.2, -0.15) is 0 Å². The molecule has 0 spiro atoms. The average molecular weight is 302 g/mol. The first kappa shape index (κ1) is 16.1. The Hall–Kier alpha value is -2.30. The molecule has 1 aliphatic carbocycles. The number of hydrazine groups is 1. The fourth-order valence-electron chi connectivity index (χ4n) is 2.25. The third kappa shape index (κ3) is 4.62. The summed E-state index contributed by atoms with van der Waals surface area (Å²) in [5.41, 5.74) is 7.12. The highest BCUT2D eigenvalue weighted by molar-refractivity contribution is 5.84. The first-order valence-electron chi connectivity index (χ1n) is 7.50. The van der Waals surface area contributed by atoms with E-state index in [1.807, 2.05) is 38.1 Å². The number of allylic oxidation sites excluding steroid dienone is 2. The normalized spacial score (nSPS) is 16.9. The van der Waals surface area contributed by atoms with Gasteiger partial charge in [0.05, 0.1) is 0 Å². The van der Waals surface area contributed by atoms with E-state index in [2.05, 4.69) is 16.9 Å². The summed E-state index contributed by atoms with van der Waals surface area (Å²) in [6, 6.07) is 5.65. The number of carbonyl (C=O) groups is 2. The number of hydrogen-bond donors (Lipinski definition) is 2. The van der Waals surface area contributed by atoms with Crippen LogP contribution in [0.15, 0.2) is 30.4 Å². The minimum Gasteiger partial charge on any atom is -0.484 e. The van der Waals surface area contributed by atoms with E-state index in [0.717, 1.165) is 24.8 Å². The van der Waals surface area contributed by atoms with Crippen LogP contribution in [0.4, 0.5) is 0 Å². The van der Waals surface area contributed by atoms with Gasteiger partial charge in [0, 0.05) is 5.92 Å². The van der Waals surface area contributed by atoms with Crippen molar-refractivity contribution in [3.8, 4) is 5.75 Å². The van der Waals surface area contributed by atoms with Gasteiger partial charge in [-0.3, -0.25) is 20.4 Å². The van der Waals surface area contributed by atoms with Gasteiger partial charge in [0.15, 0.2) is 6.61 Å². The molecule has 2 amide bonds. The molecule has 1 unspecified atom stereocenters. The highest BCUT2D eigenvalue weighted by Gasteiger charge is 2.18. The minimum absolute atomic E-state index is 0.0639. The van der Waals surface area contributed by atoms with Gasteiger partial charge in [0.1, 0.15) is 5.75 Å². The summed E-state index contributed by atoms with van der Waals surface area (Å²) in [5.74, 6) is 0.0507. The van der Waals surface area contributed by atoms with Crippen LogP contribution in [0.2, 0.25) is 0 Å². The van der Waals surface area contributed by atoms with Crippen LogP contribution in [0.3, 0.4) is 0 Å². The van der Waals surface area contributed by atoms with E-state index in [1.165, 1.54) is 5.56 Å². The monoisotopic (exact) mass is 302 g/mol. The third-order valence-electron chi connectivity index (χ3n) is 3.81. The molecule has 0 heterocycles. The summed E-state index contributed by atoms with van der Waals surface area (Å²) in [4.78, 5) is 23.5. The summed E-state index contributed by atoms with van der Waals surface area (Å²) in [6.45, 7) is 3.87. The summed E-state index contributed by atoms with van der Waals surface area (Å²) in [7, 11) is 0. The Labute approximate surface area is 130 Å². The molecule has 0 radical (unpaired) electrons. The van der Waals surface area contributed by atoms with Crippen LogP contribution >= 0.6 is 0 Å². The SMILES string of the molecule is Cc1ccc(OCC(=O)NNC(=O)C2CC=CCC2)cc1C. The van der Waals surface area contributed by atoms with Crippen LogP contribution < -0.4 is 15.6 Å². The Bertz CT molecular complexity index is 581. The molecule has 0 fully saturated rings. The molecule has 0 aliphatic heterocycles. The molecule has 5 nitrogen and oxygen atoms in total. The Kier molecular flexibility index (Phi) is 5.58. The number of amides is 2. The molecule has 1 aromatic carbocycles. The predicted octanol–water partition coefficient (Wildman–Crippen LogP) is 2.19. The Morgan fingerprint density at radius 3 is 2.68 bits per heavy atom. The van der Waals surface area contributed by atoms with Crippen molar-refractivity contribution >= 4 is 11.8 Å². The molecule has 0 saturated heterocycles. The van der Waals surface area contributed by atoms with Crippen molar-refractivity contribution in [2.24, 2.45) is 5.92 Å². The van der Waals surface area contributed by atoms with E-state index in [1.54, 1.807) is 0 Å². The first-order chi connectivity index (χ1) is 10.6. The van der Waals surface area contributed by atoms with Crippen molar-refractivity contribution in [1.82, 2.24) is 10.9 Å². The second-order valence-electron chi connectivity index (χ2n) is 5.55. The molecule has 0 bridgehead atoms. The minimum atomic E-state index is -0.377. The largest absolute Gasteiger partial charge is 0.484 e. The van der Waals surface area contributed by atoms with Crippen LogP contribution in [0.25, 0.3) is 0 Å². The third-order valence-corrected chi connectivity index (χ3v) is 3.81. The van der Waals surface area contributed by atoms with E-state index in [4.69, 9.17) is 4.74 Å². The summed E-state index contributed by atoms with van der Waals surface area (Å²) in [6.07, 6.45) is 6.51. The molecular weight excluding hydrogens is 280 g/mol. The highest BCUT2D eigenvalue weighted by Crippen LogP contribution is 2.18. The van der Waals surface area contributed by atoms with E-state index in [-0.39, 0.29) is 24.3 Å². The van der Waals surface area contributed by atoms with Crippen LogP contribution in [0.5, 0.6) is 5.75 Å². The van der Waals surface area contributed by atoms with Crippen molar-refractivity contribution in [3.63, 3.8) is 0 Å². The van der Waals surface area contributed by atoms with Crippen molar-refractivity contribution < 1.29 is 14.3 Å². The zero-order chi connectivity index (χ0) is 15.9. The molecule has 1 atom stereocenters. The van der Waals surface area contributed by atoms with Crippen molar-refractivity contribution in [1.29, 1.82) is 0 Å². The Morgan fingerprint density at radius 2 is 2.00 bits per heavy atom. The van der Waals surface area contributed by atoms with Gasteiger partial charge < -0.3 is 4.74 Å². The van der Waals surface area contributed by atoms with Crippen LogP contribution in [-0.4, -0.2) is 18.4 Å². The zero-order valence-electron chi connectivity index (χ0n) is 13.0. The van der Waals surface area contributed by atoms with Crippen LogP contribution in [0.1, 0.15) is 30.4 Å². The maximum atomic E-state index is 11.9. The average Bonchev–Trinajstić information content (AvgIpc) is 2.54. The number of nitrogens with one attached hydrogen (secondary N) is 2. The number of aryl methyl sites for hydroxylation is 2. The lowest BCUT2D eigenvalue weighted by atomic mass is 9.94. The number of rotatable bonds is 4. The molecule has 0 saturated carbocycles. The highest BCUT2D eigenvalue weighted by atomic mass is 16.5. The second-order valence-corrected chi connectivity index (χ2v) is 5.55. The van der Waals surface area contributed by atoms with Crippen LogP contribution in [0, 0.1) is 19.8 Å². The van der Waals surface area contributed by atoms with Gasteiger partial charge >= 0.3 is 0 Å². The number of carbonyl (C=O) groups excluding carboxylic acids is 2. The predicted molar refractivity (Wildman–Crippen MR) is 84.2 cm³/mol. The van der Waals surface area contributed by atoms with Crippen molar-refractivity contribution in [3.05, 3.63) is 41.5 Å². The number of hydrogen-bond acceptors (Lipinski definition) is 3. The van der Waals surface area contributed by atoms with E-state index >= 15 is 0 Å². The summed E-state index contributed by atoms with van der Waals surface area (Å²) >= 11 is 0. The molecule has 1 aromatic rings. The lowest BCUT2D eigenvalue weighted by molar-refractivity contribution is -0.132. The van der Waals surface area contributed by atoms with Gasteiger partial charge in [0.25, 0.3) is 5.91 Å². The fourth-order valence-corrected chi connectivity index (χ4v) is 2.25. The molecule has 0 aromatic heterocycles. The molecule has 22 heavy (non-hydrogen) atoms. The lowest BCUT2D eigenvalue weighted by Crippen LogP contribution is -2.46. The molecule has 118 valence electrons.